The molecule has 0 N–H and O–H groups in total. The fraction of sp³-hybridized carbons (Fsp3) is 0.333. The maximum atomic E-state index is 12.4. The number of halogens is 3. The van der Waals surface area contributed by atoms with Crippen molar-refractivity contribution >= 4 is 10.0 Å². The second-order valence-electron chi connectivity index (χ2n) is 4.52. The van der Waals surface area contributed by atoms with Crippen LogP contribution in [0, 0.1) is 0 Å². The van der Waals surface area contributed by atoms with E-state index in [1.165, 1.54) is 31.4 Å². The van der Waals surface area contributed by atoms with Gasteiger partial charge in [0.15, 0.2) is 0 Å². The van der Waals surface area contributed by atoms with Gasteiger partial charge < -0.3 is 4.52 Å². The van der Waals surface area contributed by atoms with Crippen LogP contribution in [0.2, 0.25) is 0 Å². The summed E-state index contributed by atoms with van der Waals surface area (Å²) in [6.45, 7) is -0.0460. The summed E-state index contributed by atoms with van der Waals surface area (Å²) in [4.78, 5) is 8.02. The monoisotopic (exact) mass is 351 g/mol. The molecule has 0 amide bonds. The summed E-state index contributed by atoms with van der Waals surface area (Å²) in [5, 5.41) is 3.26. The van der Waals surface area contributed by atoms with E-state index in [4.69, 9.17) is 4.84 Å². The molecule has 0 saturated heterocycles. The number of hydrogen-bond acceptors (Lipinski definition) is 6. The van der Waals surface area contributed by atoms with Crippen LogP contribution >= 0.6 is 0 Å². The molecule has 23 heavy (non-hydrogen) atoms. The molecule has 0 atom stereocenters. The molecule has 0 bridgehead atoms. The lowest BCUT2D eigenvalue weighted by Crippen LogP contribution is -2.28. The molecule has 11 heteroatoms. The molecule has 0 fully saturated rings. The summed E-state index contributed by atoms with van der Waals surface area (Å²) in [5.41, 5.74) is 0.872. The van der Waals surface area contributed by atoms with Gasteiger partial charge >= 0.3 is 12.1 Å². The third kappa shape index (κ3) is 4.27. The highest BCUT2D eigenvalue weighted by Crippen LogP contribution is 2.29. The van der Waals surface area contributed by atoms with E-state index in [9.17, 15) is 21.6 Å². The quantitative estimate of drug-likeness (QED) is 0.767. The molecule has 0 saturated carbocycles. The van der Waals surface area contributed by atoms with Gasteiger partial charge in [-0.15, -0.1) is 0 Å². The van der Waals surface area contributed by atoms with Crippen molar-refractivity contribution in [2.45, 2.75) is 12.7 Å². The molecule has 2 rings (SSSR count). The van der Waals surface area contributed by atoms with Gasteiger partial charge in [0.05, 0.1) is 19.9 Å². The molecule has 0 unspecified atom stereocenters. The van der Waals surface area contributed by atoms with E-state index in [1.54, 1.807) is 0 Å². The molecule has 0 spiro atoms. The molecular formula is C12H12F3N3O4S. The smallest absolute Gasteiger partial charge is 0.329 e. The minimum Gasteiger partial charge on any atom is -0.329 e. The standard InChI is InChI=1S/C12H12F3N3O4S/c1-21-18(23(2,19)20)7-8-3-5-9(6-4-8)10-16-11(22-17-10)12(13,14)15/h3-6H,7H2,1-2H3. The molecule has 1 aromatic heterocycles. The lowest BCUT2D eigenvalue weighted by Gasteiger charge is -2.16. The molecule has 1 heterocycles. The summed E-state index contributed by atoms with van der Waals surface area (Å²) in [6.07, 6.45) is -3.72. The van der Waals surface area contributed by atoms with Gasteiger partial charge in [0.1, 0.15) is 0 Å². The molecule has 0 aliphatic heterocycles. The molecule has 0 radical (unpaired) electrons. The maximum Gasteiger partial charge on any atom is 0.471 e. The van der Waals surface area contributed by atoms with E-state index >= 15 is 0 Å². The number of aromatic nitrogens is 2. The molecular weight excluding hydrogens is 339 g/mol. The SMILES string of the molecule is CON(Cc1ccc(-c2noc(C(F)(F)F)n2)cc1)S(C)(=O)=O. The van der Waals surface area contributed by atoms with Gasteiger partial charge in [-0.05, 0) is 5.56 Å². The third-order valence-corrected chi connectivity index (χ3v) is 3.78. The van der Waals surface area contributed by atoms with Gasteiger partial charge in [-0.25, -0.2) is 8.42 Å². The zero-order chi connectivity index (χ0) is 17.3. The fourth-order valence-corrected chi connectivity index (χ4v) is 2.34. The van der Waals surface area contributed by atoms with E-state index in [1.807, 2.05) is 0 Å². The van der Waals surface area contributed by atoms with E-state index in [0.717, 1.165) is 10.7 Å². The lowest BCUT2D eigenvalue weighted by atomic mass is 10.1. The molecule has 7 nitrogen and oxygen atoms in total. The molecule has 2 aromatic rings. The molecule has 0 aliphatic rings. The first-order valence-corrected chi connectivity index (χ1v) is 7.98. The minimum absolute atomic E-state index is 0.0460. The van der Waals surface area contributed by atoms with Crippen molar-refractivity contribution < 1.29 is 30.9 Å². The molecule has 126 valence electrons. The zero-order valence-corrected chi connectivity index (χ0v) is 12.8. The zero-order valence-electron chi connectivity index (χ0n) is 12.0. The highest BCUT2D eigenvalue weighted by atomic mass is 32.2. The van der Waals surface area contributed by atoms with Crippen molar-refractivity contribution in [1.29, 1.82) is 0 Å². The van der Waals surface area contributed by atoms with Crippen molar-refractivity contribution in [3.05, 3.63) is 35.7 Å². The van der Waals surface area contributed by atoms with Crippen LogP contribution in [0.15, 0.2) is 28.8 Å². The maximum absolute atomic E-state index is 12.4. The Bertz CT molecular complexity index is 772. The second-order valence-corrected chi connectivity index (χ2v) is 6.40. The number of nitrogens with zero attached hydrogens (tertiary/aromatic N) is 3. The van der Waals surface area contributed by atoms with Gasteiger partial charge in [0.25, 0.3) is 0 Å². The third-order valence-electron chi connectivity index (χ3n) is 2.77. The molecule has 1 aromatic carbocycles. The van der Waals surface area contributed by atoms with Gasteiger partial charge in [-0.3, -0.25) is 4.84 Å². The predicted molar refractivity (Wildman–Crippen MR) is 72.1 cm³/mol. The summed E-state index contributed by atoms with van der Waals surface area (Å²) in [7, 11) is -2.33. The topological polar surface area (TPSA) is 85.5 Å². The van der Waals surface area contributed by atoms with Crippen LogP contribution in [-0.4, -0.2) is 36.4 Å². The van der Waals surface area contributed by atoms with Crippen LogP contribution in [0.3, 0.4) is 0 Å². The Kier molecular flexibility index (Phi) is 4.73. The number of rotatable bonds is 5. The Balaban J connectivity index is 2.18. The summed E-state index contributed by atoms with van der Waals surface area (Å²) in [6, 6.07) is 5.96. The van der Waals surface area contributed by atoms with Crippen LogP contribution in [0.4, 0.5) is 13.2 Å². The van der Waals surface area contributed by atoms with Crippen LogP contribution in [0.1, 0.15) is 11.5 Å². The van der Waals surface area contributed by atoms with Gasteiger partial charge in [-0.2, -0.15) is 18.2 Å². The Labute approximate surface area is 129 Å². The van der Waals surface area contributed by atoms with E-state index in [0.29, 0.717) is 11.1 Å². The van der Waals surface area contributed by atoms with Gasteiger partial charge in [0.2, 0.25) is 15.8 Å². The van der Waals surface area contributed by atoms with Crippen LogP contribution in [-0.2, 0) is 27.6 Å². The lowest BCUT2D eigenvalue weighted by molar-refractivity contribution is -0.159. The summed E-state index contributed by atoms with van der Waals surface area (Å²) >= 11 is 0. The Hall–Kier alpha value is -1.98. The average molecular weight is 351 g/mol. The number of alkyl halides is 3. The van der Waals surface area contributed by atoms with Crippen molar-refractivity contribution in [2.24, 2.45) is 0 Å². The highest BCUT2D eigenvalue weighted by molar-refractivity contribution is 7.88. The summed E-state index contributed by atoms with van der Waals surface area (Å²) < 4.78 is 65.0. The van der Waals surface area contributed by atoms with Crippen molar-refractivity contribution in [3.63, 3.8) is 0 Å². The Morgan fingerprint density at radius 2 is 1.87 bits per heavy atom. The molecule has 0 aliphatic carbocycles. The minimum atomic E-state index is -4.71. The van der Waals surface area contributed by atoms with E-state index < -0.39 is 22.1 Å². The normalized spacial score (nSPS) is 12.8. The Morgan fingerprint density at radius 3 is 2.30 bits per heavy atom. The van der Waals surface area contributed by atoms with E-state index in [-0.39, 0.29) is 12.4 Å². The van der Waals surface area contributed by atoms with Gasteiger partial charge in [0, 0.05) is 5.56 Å². The number of hydroxylamine groups is 1. The first kappa shape index (κ1) is 17.4. The average Bonchev–Trinajstić information content (AvgIpc) is 2.94. The van der Waals surface area contributed by atoms with Gasteiger partial charge in [-0.1, -0.05) is 33.9 Å². The van der Waals surface area contributed by atoms with Crippen molar-refractivity contribution in [1.82, 2.24) is 14.6 Å². The first-order valence-electron chi connectivity index (χ1n) is 6.13. The number of sulfonamides is 1. The van der Waals surface area contributed by atoms with Crippen molar-refractivity contribution in [3.8, 4) is 11.4 Å². The predicted octanol–water partition coefficient (Wildman–Crippen LogP) is 2.08. The number of hydrogen-bond donors (Lipinski definition) is 0. The fourth-order valence-electron chi connectivity index (χ4n) is 1.68. The summed E-state index contributed by atoms with van der Waals surface area (Å²) in [5.74, 6) is -1.64. The second kappa shape index (κ2) is 6.26. The first-order chi connectivity index (χ1) is 10.6. The van der Waals surface area contributed by atoms with Crippen LogP contribution in [0.5, 0.6) is 0 Å². The number of benzene rings is 1. The van der Waals surface area contributed by atoms with Crippen molar-refractivity contribution in [2.75, 3.05) is 13.4 Å². The van der Waals surface area contributed by atoms with Crippen LogP contribution in [0.25, 0.3) is 11.4 Å². The highest BCUT2D eigenvalue weighted by Gasteiger charge is 2.38. The van der Waals surface area contributed by atoms with Crippen LogP contribution < -0.4 is 0 Å². The largest absolute Gasteiger partial charge is 0.471 e. The van der Waals surface area contributed by atoms with E-state index in [2.05, 4.69) is 14.7 Å². The Morgan fingerprint density at radius 1 is 1.26 bits per heavy atom.